The molecule has 0 spiro atoms. The van der Waals surface area contributed by atoms with E-state index in [1.165, 1.54) is 6.21 Å². The van der Waals surface area contributed by atoms with E-state index in [2.05, 4.69) is 15.3 Å². The first kappa shape index (κ1) is 18.9. The van der Waals surface area contributed by atoms with E-state index in [1.807, 2.05) is 6.07 Å². The average molecular weight is 404 g/mol. The lowest BCUT2D eigenvalue weighted by molar-refractivity contribution is -0.117. The summed E-state index contributed by atoms with van der Waals surface area (Å²) in [7, 11) is 0. The molecule has 2 aromatic carbocycles. The number of aromatic amines is 1. The van der Waals surface area contributed by atoms with Gasteiger partial charge in [0.05, 0.1) is 16.1 Å². The molecule has 0 aliphatic rings. The van der Waals surface area contributed by atoms with Crippen molar-refractivity contribution in [3.8, 4) is 5.88 Å². The van der Waals surface area contributed by atoms with Crippen molar-refractivity contribution >= 4 is 52.1 Å². The standard InChI is InChI=1S/C19H15Cl2N3O3/c20-12-8-13-14(19(27)24-17(13)15(21)9-12)10-23-16(25)6-7-22-18(26)11-4-2-1-3-5-11/h1-5,8-10,24,27H,6-7H2,(H,22,26). The first-order valence-electron chi connectivity index (χ1n) is 8.05. The fraction of sp³-hybridized carbons (Fsp3) is 0.105. The maximum atomic E-state index is 11.9. The van der Waals surface area contributed by atoms with Gasteiger partial charge in [0.1, 0.15) is 0 Å². The van der Waals surface area contributed by atoms with Crippen LogP contribution in [0, 0.1) is 0 Å². The van der Waals surface area contributed by atoms with Gasteiger partial charge in [-0.25, -0.2) is 4.99 Å². The smallest absolute Gasteiger partial charge is 0.251 e. The largest absolute Gasteiger partial charge is 0.494 e. The van der Waals surface area contributed by atoms with Gasteiger partial charge in [-0.1, -0.05) is 41.4 Å². The van der Waals surface area contributed by atoms with Crippen LogP contribution in [0.15, 0.2) is 47.5 Å². The number of carbonyl (C=O) groups excluding carboxylic acids is 2. The Bertz CT molecular complexity index is 1030. The summed E-state index contributed by atoms with van der Waals surface area (Å²) in [6.07, 6.45) is 1.28. The number of aromatic nitrogens is 1. The highest BCUT2D eigenvalue weighted by atomic mass is 35.5. The topological polar surface area (TPSA) is 94.6 Å². The number of H-pyrrole nitrogens is 1. The van der Waals surface area contributed by atoms with Crippen molar-refractivity contribution in [2.24, 2.45) is 4.99 Å². The van der Waals surface area contributed by atoms with E-state index in [0.29, 0.717) is 32.1 Å². The Morgan fingerprint density at radius 1 is 1.19 bits per heavy atom. The third-order valence-electron chi connectivity index (χ3n) is 3.84. The number of amides is 2. The van der Waals surface area contributed by atoms with Crippen molar-refractivity contribution in [1.29, 1.82) is 0 Å². The van der Waals surface area contributed by atoms with Crippen LogP contribution in [0.1, 0.15) is 22.3 Å². The van der Waals surface area contributed by atoms with E-state index in [1.54, 1.807) is 36.4 Å². The van der Waals surface area contributed by atoms with Crippen molar-refractivity contribution in [2.45, 2.75) is 6.42 Å². The van der Waals surface area contributed by atoms with Crippen LogP contribution in [0.4, 0.5) is 0 Å². The number of nitrogens with one attached hydrogen (secondary N) is 2. The second-order valence-corrected chi connectivity index (χ2v) is 6.56. The Kier molecular flexibility index (Phi) is 5.78. The van der Waals surface area contributed by atoms with Crippen LogP contribution >= 0.6 is 23.2 Å². The molecule has 6 nitrogen and oxygen atoms in total. The second kappa shape index (κ2) is 8.24. The molecule has 1 heterocycles. The number of hydrogen-bond donors (Lipinski definition) is 3. The lowest BCUT2D eigenvalue weighted by atomic mass is 10.2. The molecule has 0 saturated carbocycles. The molecule has 3 rings (SSSR count). The third-order valence-corrected chi connectivity index (χ3v) is 4.36. The first-order valence-corrected chi connectivity index (χ1v) is 8.81. The summed E-state index contributed by atoms with van der Waals surface area (Å²) >= 11 is 12.1. The van der Waals surface area contributed by atoms with Crippen molar-refractivity contribution in [3.63, 3.8) is 0 Å². The molecular weight excluding hydrogens is 389 g/mol. The lowest BCUT2D eigenvalue weighted by Gasteiger charge is -2.03. The summed E-state index contributed by atoms with van der Waals surface area (Å²) < 4.78 is 0. The monoisotopic (exact) mass is 403 g/mol. The zero-order chi connectivity index (χ0) is 19.4. The van der Waals surface area contributed by atoms with Crippen LogP contribution in [-0.2, 0) is 4.79 Å². The Morgan fingerprint density at radius 3 is 2.67 bits per heavy atom. The molecule has 0 aliphatic carbocycles. The maximum Gasteiger partial charge on any atom is 0.251 e. The quantitative estimate of drug-likeness (QED) is 0.562. The highest BCUT2D eigenvalue weighted by Crippen LogP contribution is 2.33. The minimum Gasteiger partial charge on any atom is -0.494 e. The van der Waals surface area contributed by atoms with Gasteiger partial charge in [0, 0.05) is 35.2 Å². The number of fused-ring (bicyclic) bond motifs is 1. The maximum absolute atomic E-state index is 11.9. The molecule has 0 unspecified atom stereocenters. The summed E-state index contributed by atoms with van der Waals surface area (Å²) in [6.45, 7) is 0.154. The Balaban J connectivity index is 1.63. The predicted molar refractivity (Wildman–Crippen MR) is 106 cm³/mol. The van der Waals surface area contributed by atoms with Crippen molar-refractivity contribution < 1.29 is 14.7 Å². The molecule has 0 radical (unpaired) electrons. The van der Waals surface area contributed by atoms with Crippen LogP contribution < -0.4 is 5.32 Å². The summed E-state index contributed by atoms with van der Waals surface area (Å²) in [5, 5.41) is 14.0. The minimum absolute atomic E-state index is 0.0275. The molecule has 3 N–H and O–H groups in total. The molecule has 0 atom stereocenters. The van der Waals surface area contributed by atoms with Crippen molar-refractivity contribution in [1.82, 2.24) is 10.3 Å². The van der Waals surface area contributed by atoms with Gasteiger partial charge >= 0.3 is 0 Å². The third kappa shape index (κ3) is 4.48. The Labute approximate surface area is 164 Å². The molecule has 2 amide bonds. The van der Waals surface area contributed by atoms with E-state index >= 15 is 0 Å². The number of aromatic hydroxyl groups is 1. The molecule has 0 bridgehead atoms. The number of rotatable bonds is 5. The fourth-order valence-electron chi connectivity index (χ4n) is 2.53. The number of carbonyl (C=O) groups is 2. The number of halogens is 2. The first-order chi connectivity index (χ1) is 13.0. The molecule has 27 heavy (non-hydrogen) atoms. The van der Waals surface area contributed by atoms with Gasteiger partial charge in [-0.15, -0.1) is 0 Å². The van der Waals surface area contributed by atoms with Gasteiger partial charge in [-0.05, 0) is 24.3 Å². The van der Waals surface area contributed by atoms with Crippen LogP contribution in [-0.4, -0.2) is 34.7 Å². The van der Waals surface area contributed by atoms with Gasteiger partial charge in [-0.3, -0.25) is 9.59 Å². The lowest BCUT2D eigenvalue weighted by Crippen LogP contribution is -2.25. The summed E-state index contributed by atoms with van der Waals surface area (Å²) in [5.74, 6) is -0.862. The second-order valence-electron chi connectivity index (χ2n) is 5.72. The van der Waals surface area contributed by atoms with Gasteiger partial charge in [-0.2, -0.15) is 0 Å². The van der Waals surface area contributed by atoms with Crippen LogP contribution in [0.2, 0.25) is 10.0 Å². The number of nitrogens with zero attached hydrogens (tertiary/aromatic N) is 1. The van der Waals surface area contributed by atoms with E-state index in [4.69, 9.17) is 23.2 Å². The van der Waals surface area contributed by atoms with Crippen LogP contribution in [0.25, 0.3) is 10.9 Å². The number of benzene rings is 2. The minimum atomic E-state index is -0.440. The molecule has 0 fully saturated rings. The van der Waals surface area contributed by atoms with Gasteiger partial charge < -0.3 is 15.4 Å². The average Bonchev–Trinajstić information content (AvgIpc) is 2.96. The molecular formula is C19H15Cl2N3O3. The normalized spacial score (nSPS) is 11.2. The van der Waals surface area contributed by atoms with Crippen LogP contribution in [0.3, 0.4) is 0 Å². The molecule has 3 aromatic rings. The van der Waals surface area contributed by atoms with Gasteiger partial charge in [0.25, 0.3) is 5.91 Å². The van der Waals surface area contributed by atoms with Crippen molar-refractivity contribution in [3.05, 3.63) is 63.6 Å². The van der Waals surface area contributed by atoms with Crippen LogP contribution in [0.5, 0.6) is 5.88 Å². The zero-order valence-electron chi connectivity index (χ0n) is 14.0. The van der Waals surface area contributed by atoms with Gasteiger partial charge in [0.2, 0.25) is 5.91 Å². The Hall–Kier alpha value is -2.83. The predicted octanol–water partition coefficient (Wildman–Crippen LogP) is 3.95. The molecule has 0 aliphatic heterocycles. The Morgan fingerprint density at radius 2 is 1.93 bits per heavy atom. The van der Waals surface area contributed by atoms with Gasteiger partial charge in [0.15, 0.2) is 5.88 Å². The zero-order valence-corrected chi connectivity index (χ0v) is 15.5. The summed E-state index contributed by atoms with van der Waals surface area (Å²) in [6, 6.07) is 11.9. The molecule has 1 aromatic heterocycles. The highest BCUT2D eigenvalue weighted by molar-refractivity contribution is 6.39. The van der Waals surface area contributed by atoms with Crippen molar-refractivity contribution in [2.75, 3.05) is 6.54 Å². The van der Waals surface area contributed by atoms with E-state index in [0.717, 1.165) is 0 Å². The van der Waals surface area contributed by atoms with E-state index < -0.39 is 5.91 Å². The summed E-state index contributed by atoms with van der Waals surface area (Å²) in [5.41, 5.74) is 1.34. The SMILES string of the molecule is O=C(CCNC(=O)c1ccccc1)N=Cc1c(O)[nH]c2c(Cl)cc(Cl)cc12. The fourth-order valence-corrected chi connectivity index (χ4v) is 3.07. The van der Waals surface area contributed by atoms with E-state index in [9.17, 15) is 14.7 Å². The molecule has 138 valence electrons. The highest BCUT2D eigenvalue weighted by Gasteiger charge is 2.13. The molecule has 0 saturated heterocycles. The summed E-state index contributed by atoms with van der Waals surface area (Å²) in [4.78, 5) is 30.4. The molecule has 8 heteroatoms. The van der Waals surface area contributed by atoms with E-state index in [-0.39, 0.29) is 24.8 Å². The number of aliphatic imine (C=N–C) groups is 1. The number of hydrogen-bond acceptors (Lipinski definition) is 3.